The van der Waals surface area contributed by atoms with Crippen LogP contribution in [0.25, 0.3) is 0 Å². The van der Waals surface area contributed by atoms with Crippen LogP contribution < -0.4 is 15.4 Å². The minimum atomic E-state index is -4.63. The molecule has 3 N–H and O–H groups in total. The monoisotopic (exact) mass is 362 g/mol. The highest BCUT2D eigenvalue weighted by molar-refractivity contribution is 7.46. The van der Waals surface area contributed by atoms with Crippen LogP contribution in [0.2, 0.25) is 0 Å². The molecule has 0 spiro atoms. The van der Waals surface area contributed by atoms with Crippen molar-refractivity contribution in [3.63, 3.8) is 0 Å². The highest BCUT2D eigenvalue weighted by atomic mass is 31.2. The second kappa shape index (κ2) is 6.10. The Morgan fingerprint density at radius 2 is 2.17 bits per heavy atom. The summed E-state index contributed by atoms with van der Waals surface area (Å²) in [6, 6.07) is 0. The fraction of sp³-hybridized carbons (Fsp3) is 0.667. The summed E-state index contributed by atoms with van der Waals surface area (Å²) in [5.41, 5.74) is 0.248. The minimum Gasteiger partial charge on any atom is -0.390 e. The van der Waals surface area contributed by atoms with E-state index >= 15 is 0 Å². The molecule has 3 rings (SSSR count). The van der Waals surface area contributed by atoms with Gasteiger partial charge in [0.05, 0.1) is 25.7 Å². The molecule has 0 amide bonds. The van der Waals surface area contributed by atoms with Crippen molar-refractivity contribution in [2.45, 2.75) is 24.9 Å². The summed E-state index contributed by atoms with van der Waals surface area (Å²) in [6.07, 6.45) is -0.772. The third kappa shape index (κ3) is 3.18. The number of ether oxygens (including phenoxy) is 1. The van der Waals surface area contributed by atoms with Gasteiger partial charge in [-0.2, -0.15) is 0 Å². The molecule has 0 aromatic carbocycles. The van der Waals surface area contributed by atoms with E-state index in [1.54, 1.807) is 23.9 Å². The predicted octanol–water partition coefficient (Wildman–Crippen LogP) is -1.42. The highest BCUT2D eigenvalue weighted by Gasteiger charge is 2.42. The van der Waals surface area contributed by atoms with Crippen molar-refractivity contribution in [1.82, 2.24) is 9.55 Å². The smallest absolute Gasteiger partial charge is 0.390 e. The lowest BCUT2D eigenvalue weighted by Gasteiger charge is -2.25. The number of anilines is 2. The van der Waals surface area contributed by atoms with Gasteiger partial charge in [-0.3, -0.25) is 9.32 Å². The van der Waals surface area contributed by atoms with E-state index < -0.39 is 32.9 Å². The van der Waals surface area contributed by atoms with Crippen LogP contribution in [0.15, 0.2) is 11.1 Å². The van der Waals surface area contributed by atoms with Gasteiger partial charge >= 0.3 is 7.82 Å². The minimum absolute atomic E-state index is 0.190. The van der Waals surface area contributed by atoms with Gasteiger partial charge in [0.1, 0.15) is 18.0 Å². The van der Waals surface area contributed by atoms with Crippen molar-refractivity contribution >= 4 is 19.3 Å². The van der Waals surface area contributed by atoms with E-state index in [4.69, 9.17) is 14.5 Å². The van der Waals surface area contributed by atoms with E-state index in [9.17, 15) is 14.5 Å². The number of hydrogen-bond acceptors (Lipinski definition) is 8. The van der Waals surface area contributed by atoms with Crippen molar-refractivity contribution in [2.24, 2.45) is 7.05 Å². The normalized spacial score (nSPS) is 27.0. The lowest BCUT2D eigenvalue weighted by molar-refractivity contribution is -0.0216. The summed E-state index contributed by atoms with van der Waals surface area (Å²) < 4.78 is 22.2. The fourth-order valence-electron chi connectivity index (χ4n) is 2.88. The maximum atomic E-state index is 12.2. The lowest BCUT2D eigenvalue weighted by Crippen LogP contribution is -2.38. The predicted molar refractivity (Wildman–Crippen MR) is 82.5 cm³/mol. The van der Waals surface area contributed by atoms with Gasteiger partial charge in [0.15, 0.2) is 5.82 Å². The Hall–Kier alpha value is -1.49. The molecule has 2 aliphatic heterocycles. The second-order valence-corrected chi connectivity index (χ2v) is 7.10. The number of hydrogen-bond donors (Lipinski definition) is 3. The van der Waals surface area contributed by atoms with Crippen LogP contribution in [-0.2, 0) is 20.9 Å². The first kappa shape index (κ1) is 17.3. The molecular formula is C12H19N4O7P. The van der Waals surface area contributed by atoms with Gasteiger partial charge in [0, 0.05) is 20.5 Å². The van der Waals surface area contributed by atoms with Crippen LogP contribution >= 0.6 is 7.82 Å². The molecule has 0 aliphatic carbocycles. The third-order valence-electron chi connectivity index (χ3n) is 4.06. The molecule has 134 valence electrons. The van der Waals surface area contributed by atoms with Crippen molar-refractivity contribution in [3.8, 4) is 0 Å². The number of phosphoric acid groups is 1. The lowest BCUT2D eigenvalue weighted by atomic mass is 10.2. The number of aliphatic hydroxyl groups is 1. The van der Waals surface area contributed by atoms with Gasteiger partial charge in [0.2, 0.25) is 0 Å². The maximum Gasteiger partial charge on any atom is 0.469 e. The zero-order chi connectivity index (χ0) is 17.6. The third-order valence-corrected chi connectivity index (χ3v) is 4.55. The van der Waals surface area contributed by atoms with E-state index in [-0.39, 0.29) is 12.0 Å². The molecule has 1 fully saturated rings. The maximum absolute atomic E-state index is 12.2. The fourth-order valence-corrected chi connectivity index (χ4v) is 3.22. The summed E-state index contributed by atoms with van der Waals surface area (Å²) >= 11 is 0. The van der Waals surface area contributed by atoms with Crippen molar-refractivity contribution in [1.29, 1.82) is 0 Å². The van der Waals surface area contributed by atoms with Gasteiger partial charge in [-0.15, -0.1) is 0 Å². The largest absolute Gasteiger partial charge is 0.469 e. The molecular weight excluding hydrogens is 343 g/mol. The van der Waals surface area contributed by atoms with E-state index in [0.29, 0.717) is 18.2 Å². The van der Waals surface area contributed by atoms with Gasteiger partial charge in [-0.25, -0.2) is 9.55 Å². The molecule has 11 nitrogen and oxygen atoms in total. The first-order chi connectivity index (χ1) is 11.2. The Kier molecular flexibility index (Phi) is 4.41. The Labute approximate surface area is 137 Å². The van der Waals surface area contributed by atoms with Gasteiger partial charge in [0.25, 0.3) is 5.56 Å². The molecule has 1 aromatic heterocycles. The van der Waals surface area contributed by atoms with E-state index in [0.717, 1.165) is 0 Å². The average Bonchev–Trinajstić information content (AvgIpc) is 3.01. The first-order valence-electron chi connectivity index (χ1n) is 7.24. The summed E-state index contributed by atoms with van der Waals surface area (Å²) in [5, 5.41) is 10.0. The van der Waals surface area contributed by atoms with Crippen LogP contribution in [0.1, 0.15) is 6.42 Å². The van der Waals surface area contributed by atoms with E-state index in [1.807, 2.05) is 0 Å². The molecule has 0 bridgehead atoms. The molecule has 3 atom stereocenters. The number of aliphatic hydroxyl groups excluding tert-OH is 1. The van der Waals surface area contributed by atoms with Gasteiger partial charge < -0.3 is 34.0 Å². The molecule has 0 radical (unpaired) electrons. The van der Waals surface area contributed by atoms with Crippen LogP contribution in [0, 0.1) is 0 Å². The Morgan fingerprint density at radius 1 is 1.46 bits per heavy atom. The van der Waals surface area contributed by atoms with Crippen LogP contribution in [0.5, 0.6) is 0 Å². The second-order valence-electron chi connectivity index (χ2n) is 5.86. The number of aromatic nitrogens is 2. The number of fused-ring (bicyclic) bond motifs is 1. The first-order valence-corrected chi connectivity index (χ1v) is 8.77. The molecule has 1 aromatic rings. The number of nitrogens with zero attached hydrogens (tertiary/aromatic N) is 4. The number of phosphoric ester groups is 1. The van der Waals surface area contributed by atoms with Crippen LogP contribution in [-0.4, -0.2) is 63.2 Å². The topological polar surface area (TPSA) is 138 Å². The van der Waals surface area contributed by atoms with Crippen LogP contribution in [0.4, 0.5) is 11.5 Å². The number of aryl methyl sites for hydroxylation is 1. The van der Waals surface area contributed by atoms with Gasteiger partial charge in [-0.05, 0) is 0 Å². The Balaban J connectivity index is 1.77. The molecule has 12 heteroatoms. The molecule has 0 saturated carbocycles. The standard InChI is InChI=1S/C12H19N4O7P/c1-14-5-13-11-10(12(14)18)15(2)6-16(11)9-3-7(17)8(23-9)4-22-24(19,20)21/h5,7-9,17H,3-4,6H2,1-2H3,(H2,19,20,21)/t7-,8+,9+/m0/s1. The summed E-state index contributed by atoms with van der Waals surface area (Å²) in [5.74, 6) is 0.453. The SMILES string of the molecule is CN1CN([C@H]2C[C@H](O)[C@@H](COP(=O)(O)O)O2)c2ncn(C)c(=O)c21. The van der Waals surface area contributed by atoms with Gasteiger partial charge in [-0.1, -0.05) is 0 Å². The molecule has 0 unspecified atom stereocenters. The average molecular weight is 362 g/mol. The van der Waals surface area contributed by atoms with Crippen molar-refractivity contribution in [2.75, 3.05) is 30.1 Å². The quantitative estimate of drug-likeness (QED) is 0.547. The number of rotatable bonds is 4. The zero-order valence-electron chi connectivity index (χ0n) is 13.1. The molecule has 3 heterocycles. The van der Waals surface area contributed by atoms with E-state index in [2.05, 4.69) is 9.51 Å². The van der Waals surface area contributed by atoms with E-state index in [1.165, 1.54) is 10.9 Å². The Bertz CT molecular complexity index is 735. The summed E-state index contributed by atoms with van der Waals surface area (Å²) in [7, 11) is -1.27. The Morgan fingerprint density at radius 3 is 2.83 bits per heavy atom. The summed E-state index contributed by atoms with van der Waals surface area (Å²) in [6.45, 7) is -0.0759. The summed E-state index contributed by atoms with van der Waals surface area (Å²) in [4.78, 5) is 37.5. The van der Waals surface area contributed by atoms with Crippen LogP contribution in [0.3, 0.4) is 0 Å². The molecule has 2 aliphatic rings. The van der Waals surface area contributed by atoms with Crippen molar-refractivity contribution < 1.29 is 28.7 Å². The van der Waals surface area contributed by atoms with Crippen molar-refractivity contribution in [3.05, 3.63) is 16.7 Å². The zero-order valence-corrected chi connectivity index (χ0v) is 14.0. The molecule has 1 saturated heterocycles. The highest BCUT2D eigenvalue weighted by Crippen LogP contribution is 2.39. The molecule has 24 heavy (non-hydrogen) atoms.